The fourth-order valence-electron chi connectivity index (χ4n) is 1.63. The zero-order valence-corrected chi connectivity index (χ0v) is 12.5. The minimum Gasteiger partial charge on any atom is -0.493 e. The van der Waals surface area contributed by atoms with Gasteiger partial charge in [-0.1, -0.05) is 13.0 Å². The van der Waals surface area contributed by atoms with Gasteiger partial charge in [-0.2, -0.15) is 0 Å². The Labute approximate surface area is 119 Å². The number of carbonyl (C=O) groups is 1. The molecule has 1 aromatic carbocycles. The molecule has 1 rings (SSSR count). The maximum Gasteiger partial charge on any atom is 0.258 e. The lowest BCUT2D eigenvalue weighted by molar-refractivity contribution is -0.123. The topological polar surface area (TPSA) is 67.8 Å². The maximum atomic E-state index is 11.6. The van der Waals surface area contributed by atoms with Gasteiger partial charge in [0.2, 0.25) is 0 Å². The summed E-state index contributed by atoms with van der Waals surface area (Å²) in [6.07, 6.45) is 0.296. The Kier molecular flexibility index (Phi) is 6.31. The second-order valence-electron chi connectivity index (χ2n) is 4.75. The largest absolute Gasteiger partial charge is 0.493 e. The van der Waals surface area contributed by atoms with Crippen molar-refractivity contribution in [3.63, 3.8) is 0 Å². The lowest BCUT2D eigenvalue weighted by Gasteiger charge is -2.15. The molecule has 5 heteroatoms. The summed E-state index contributed by atoms with van der Waals surface area (Å²) in [4.78, 5) is 11.6. The zero-order valence-electron chi connectivity index (χ0n) is 12.5. The molecular formula is C15H23NO4. The highest BCUT2D eigenvalue weighted by atomic mass is 16.5. The lowest BCUT2D eigenvalue weighted by atomic mass is 10.1. The summed E-state index contributed by atoms with van der Waals surface area (Å²) in [6.45, 7) is 5.56. The smallest absolute Gasteiger partial charge is 0.258 e. The van der Waals surface area contributed by atoms with Crippen LogP contribution in [0.15, 0.2) is 18.2 Å². The van der Waals surface area contributed by atoms with Crippen LogP contribution in [0.3, 0.4) is 0 Å². The van der Waals surface area contributed by atoms with Gasteiger partial charge in [0.25, 0.3) is 5.91 Å². The summed E-state index contributed by atoms with van der Waals surface area (Å²) in [6, 6.07) is 5.27. The van der Waals surface area contributed by atoms with Crippen molar-refractivity contribution in [3.8, 4) is 11.5 Å². The molecule has 2 atom stereocenters. The van der Waals surface area contributed by atoms with Crippen LogP contribution in [0.5, 0.6) is 11.5 Å². The maximum absolute atomic E-state index is 11.6. The normalized spacial score (nSPS) is 13.4. The predicted molar refractivity (Wildman–Crippen MR) is 77.0 cm³/mol. The SMILES string of the molecule is CCC(C)NC(=O)COc1ccc([C@H](C)O)cc1OC. The van der Waals surface area contributed by atoms with Crippen molar-refractivity contribution < 1.29 is 19.4 Å². The Bertz CT molecular complexity index is 445. The molecular weight excluding hydrogens is 258 g/mol. The zero-order chi connectivity index (χ0) is 15.1. The van der Waals surface area contributed by atoms with Gasteiger partial charge >= 0.3 is 0 Å². The first-order valence-corrected chi connectivity index (χ1v) is 6.76. The van der Waals surface area contributed by atoms with Gasteiger partial charge in [-0.3, -0.25) is 4.79 Å². The van der Waals surface area contributed by atoms with Crippen LogP contribution in [-0.2, 0) is 4.79 Å². The molecule has 0 aliphatic heterocycles. The summed E-state index contributed by atoms with van der Waals surface area (Å²) in [5, 5.41) is 12.3. The van der Waals surface area contributed by atoms with Crippen LogP contribution in [0.4, 0.5) is 0 Å². The quantitative estimate of drug-likeness (QED) is 0.802. The highest BCUT2D eigenvalue weighted by Crippen LogP contribution is 2.30. The molecule has 0 fully saturated rings. The molecule has 1 unspecified atom stereocenters. The lowest BCUT2D eigenvalue weighted by Crippen LogP contribution is -2.35. The highest BCUT2D eigenvalue weighted by molar-refractivity contribution is 5.77. The first kappa shape index (κ1) is 16.3. The molecule has 1 aromatic rings. The number of hydrogen-bond acceptors (Lipinski definition) is 4. The van der Waals surface area contributed by atoms with Crippen molar-refractivity contribution in [2.75, 3.05) is 13.7 Å². The van der Waals surface area contributed by atoms with Crippen LogP contribution in [0.1, 0.15) is 38.9 Å². The molecule has 0 aromatic heterocycles. The van der Waals surface area contributed by atoms with E-state index in [1.54, 1.807) is 25.1 Å². The number of ether oxygens (including phenoxy) is 2. The van der Waals surface area contributed by atoms with E-state index in [1.807, 2.05) is 13.8 Å². The van der Waals surface area contributed by atoms with Crippen molar-refractivity contribution in [2.24, 2.45) is 0 Å². The molecule has 0 aliphatic carbocycles. The van der Waals surface area contributed by atoms with E-state index in [0.717, 1.165) is 12.0 Å². The van der Waals surface area contributed by atoms with Crippen molar-refractivity contribution in [3.05, 3.63) is 23.8 Å². The minimum absolute atomic E-state index is 0.0608. The van der Waals surface area contributed by atoms with E-state index in [0.29, 0.717) is 11.5 Å². The monoisotopic (exact) mass is 281 g/mol. The number of amides is 1. The Morgan fingerprint density at radius 2 is 2.05 bits per heavy atom. The molecule has 0 bridgehead atoms. The van der Waals surface area contributed by atoms with Crippen LogP contribution in [0.2, 0.25) is 0 Å². The highest BCUT2D eigenvalue weighted by Gasteiger charge is 2.11. The number of aliphatic hydroxyl groups excluding tert-OH is 1. The summed E-state index contributed by atoms with van der Waals surface area (Å²) in [5.74, 6) is 0.817. The third-order valence-electron chi connectivity index (χ3n) is 3.05. The summed E-state index contributed by atoms with van der Waals surface area (Å²) >= 11 is 0. The number of nitrogens with one attached hydrogen (secondary N) is 1. The molecule has 2 N–H and O–H groups in total. The molecule has 20 heavy (non-hydrogen) atoms. The number of rotatable bonds is 7. The Morgan fingerprint density at radius 3 is 2.60 bits per heavy atom. The summed E-state index contributed by atoms with van der Waals surface area (Å²) in [5.41, 5.74) is 0.734. The number of methoxy groups -OCH3 is 1. The van der Waals surface area contributed by atoms with Gasteiger partial charge in [0.05, 0.1) is 13.2 Å². The van der Waals surface area contributed by atoms with Crippen molar-refractivity contribution in [1.82, 2.24) is 5.32 Å². The average Bonchev–Trinajstić information content (AvgIpc) is 2.44. The summed E-state index contributed by atoms with van der Waals surface area (Å²) < 4.78 is 10.7. The molecule has 0 radical (unpaired) electrons. The van der Waals surface area contributed by atoms with Gasteiger partial charge in [-0.25, -0.2) is 0 Å². The van der Waals surface area contributed by atoms with Gasteiger partial charge in [0, 0.05) is 6.04 Å². The average molecular weight is 281 g/mol. The third kappa shape index (κ3) is 4.74. The van der Waals surface area contributed by atoms with Crippen LogP contribution in [-0.4, -0.2) is 30.8 Å². The van der Waals surface area contributed by atoms with Crippen LogP contribution < -0.4 is 14.8 Å². The second-order valence-corrected chi connectivity index (χ2v) is 4.75. The Balaban J connectivity index is 2.66. The fourth-order valence-corrected chi connectivity index (χ4v) is 1.63. The molecule has 5 nitrogen and oxygen atoms in total. The summed E-state index contributed by atoms with van der Waals surface area (Å²) in [7, 11) is 1.52. The van der Waals surface area contributed by atoms with Crippen molar-refractivity contribution in [2.45, 2.75) is 39.3 Å². The van der Waals surface area contributed by atoms with Crippen molar-refractivity contribution >= 4 is 5.91 Å². The molecule has 112 valence electrons. The molecule has 0 saturated heterocycles. The van der Waals surface area contributed by atoms with Crippen molar-refractivity contribution in [1.29, 1.82) is 0 Å². The first-order chi connectivity index (χ1) is 9.47. The van der Waals surface area contributed by atoms with Gasteiger partial charge < -0.3 is 19.9 Å². The van der Waals surface area contributed by atoms with E-state index in [-0.39, 0.29) is 18.6 Å². The third-order valence-corrected chi connectivity index (χ3v) is 3.05. The minimum atomic E-state index is -0.577. The number of aliphatic hydroxyl groups is 1. The molecule has 1 amide bonds. The molecule has 0 aliphatic rings. The second kappa shape index (κ2) is 7.75. The number of benzene rings is 1. The molecule has 0 heterocycles. The predicted octanol–water partition coefficient (Wildman–Crippen LogP) is 2.04. The van der Waals surface area contributed by atoms with Gasteiger partial charge in [-0.15, -0.1) is 0 Å². The van der Waals surface area contributed by atoms with Crippen LogP contribution >= 0.6 is 0 Å². The van der Waals surface area contributed by atoms with E-state index in [4.69, 9.17) is 9.47 Å². The number of carbonyl (C=O) groups excluding carboxylic acids is 1. The van der Waals surface area contributed by atoms with Crippen LogP contribution in [0, 0.1) is 0 Å². The first-order valence-electron chi connectivity index (χ1n) is 6.76. The van der Waals surface area contributed by atoms with E-state index in [9.17, 15) is 9.90 Å². The van der Waals surface area contributed by atoms with Gasteiger partial charge in [0.15, 0.2) is 18.1 Å². The molecule has 0 spiro atoms. The van der Waals surface area contributed by atoms with Crippen LogP contribution in [0.25, 0.3) is 0 Å². The van der Waals surface area contributed by atoms with E-state index < -0.39 is 6.10 Å². The Morgan fingerprint density at radius 1 is 1.35 bits per heavy atom. The molecule has 0 saturated carbocycles. The van der Waals surface area contributed by atoms with E-state index in [2.05, 4.69) is 5.32 Å². The van der Waals surface area contributed by atoms with Gasteiger partial charge in [0.1, 0.15) is 0 Å². The number of hydrogen-bond donors (Lipinski definition) is 2. The fraction of sp³-hybridized carbons (Fsp3) is 0.533. The standard InChI is InChI=1S/C15H23NO4/c1-5-10(2)16-15(18)9-20-13-7-6-12(11(3)17)8-14(13)19-4/h6-8,10-11,17H,5,9H2,1-4H3,(H,16,18)/t10?,11-/m0/s1. The van der Waals surface area contributed by atoms with E-state index in [1.165, 1.54) is 7.11 Å². The Hall–Kier alpha value is -1.75. The van der Waals surface area contributed by atoms with Gasteiger partial charge in [-0.05, 0) is 38.0 Å². The van der Waals surface area contributed by atoms with E-state index >= 15 is 0 Å².